The topological polar surface area (TPSA) is 180 Å². The van der Waals surface area contributed by atoms with Crippen LogP contribution in [0.4, 0.5) is 0 Å². The van der Waals surface area contributed by atoms with Gasteiger partial charge in [-0.1, -0.05) is 26.7 Å². The number of aromatic carboxylic acids is 2. The van der Waals surface area contributed by atoms with Crippen molar-refractivity contribution in [1.82, 2.24) is 0 Å². The molecule has 2 rings (SSSR count). The van der Waals surface area contributed by atoms with E-state index in [2.05, 4.69) is 13.8 Å². The van der Waals surface area contributed by atoms with Gasteiger partial charge in [-0.25, -0.2) is 19.2 Å². The highest BCUT2D eigenvalue weighted by molar-refractivity contribution is 5.93. The van der Waals surface area contributed by atoms with Gasteiger partial charge in [0.2, 0.25) is 0 Å². The second kappa shape index (κ2) is 23.6. The van der Waals surface area contributed by atoms with Gasteiger partial charge >= 0.3 is 35.8 Å². The molecule has 0 fully saturated rings. The summed E-state index contributed by atoms with van der Waals surface area (Å²) in [5, 5.41) is 17.6. The molecule has 2 N–H and O–H groups in total. The first-order chi connectivity index (χ1) is 22.1. The SMILES string of the molecule is CCCCOC(=O)CCCCC(=O)OCCCC.O=C(O)c1ccc(C(=O)OCCCCOC(=O)c2ccc(C(=O)O)cc2)cc1. The molecule has 0 amide bonds. The van der Waals surface area contributed by atoms with Crippen LogP contribution in [0.2, 0.25) is 0 Å². The van der Waals surface area contributed by atoms with Gasteiger partial charge in [0, 0.05) is 12.8 Å². The van der Waals surface area contributed by atoms with Crippen molar-refractivity contribution in [2.24, 2.45) is 0 Å². The summed E-state index contributed by atoms with van der Waals surface area (Å²) >= 11 is 0. The van der Waals surface area contributed by atoms with Gasteiger partial charge in [0.1, 0.15) is 0 Å². The molecule has 0 aliphatic heterocycles. The van der Waals surface area contributed by atoms with Crippen LogP contribution in [-0.4, -0.2) is 72.5 Å². The Hall–Kier alpha value is -4.74. The normalized spacial score (nSPS) is 10.1. The Morgan fingerprint density at radius 3 is 1.07 bits per heavy atom. The molecular formula is C34H44O12. The van der Waals surface area contributed by atoms with Crippen molar-refractivity contribution in [3.63, 3.8) is 0 Å². The maximum Gasteiger partial charge on any atom is 0.338 e. The Morgan fingerprint density at radius 2 is 0.761 bits per heavy atom. The molecule has 0 bridgehead atoms. The Kier molecular flexibility index (Phi) is 20.2. The smallest absolute Gasteiger partial charge is 0.338 e. The average molecular weight is 645 g/mol. The zero-order valence-electron chi connectivity index (χ0n) is 26.5. The molecule has 0 saturated heterocycles. The second-order valence-corrected chi connectivity index (χ2v) is 10.1. The highest BCUT2D eigenvalue weighted by atomic mass is 16.5. The number of hydrogen-bond donors (Lipinski definition) is 2. The van der Waals surface area contributed by atoms with Gasteiger partial charge < -0.3 is 29.2 Å². The molecule has 0 atom stereocenters. The Bertz CT molecular complexity index is 1140. The van der Waals surface area contributed by atoms with E-state index < -0.39 is 23.9 Å². The quantitative estimate of drug-likeness (QED) is 0.0960. The minimum atomic E-state index is -1.08. The molecule has 2 aromatic carbocycles. The number of carbonyl (C=O) groups excluding carboxylic acids is 4. The van der Waals surface area contributed by atoms with Crippen LogP contribution >= 0.6 is 0 Å². The van der Waals surface area contributed by atoms with Gasteiger partial charge in [-0.05, 0) is 87.1 Å². The Balaban J connectivity index is 0.000000510. The van der Waals surface area contributed by atoms with Crippen molar-refractivity contribution < 1.29 is 57.9 Å². The predicted molar refractivity (Wildman–Crippen MR) is 167 cm³/mol. The van der Waals surface area contributed by atoms with Gasteiger partial charge in [0.15, 0.2) is 0 Å². The molecule has 2 aromatic rings. The van der Waals surface area contributed by atoms with Crippen LogP contribution in [-0.2, 0) is 28.5 Å². The monoisotopic (exact) mass is 644 g/mol. The number of carboxylic acid groups (broad SMARTS) is 2. The third-order valence-electron chi connectivity index (χ3n) is 6.27. The van der Waals surface area contributed by atoms with Crippen LogP contribution in [0, 0.1) is 0 Å². The first-order valence-electron chi connectivity index (χ1n) is 15.4. The molecule has 0 spiro atoms. The van der Waals surface area contributed by atoms with Gasteiger partial charge in [0.05, 0.1) is 48.7 Å². The van der Waals surface area contributed by atoms with Crippen molar-refractivity contribution in [3.05, 3.63) is 70.8 Å². The predicted octanol–water partition coefficient (Wildman–Crippen LogP) is 6.11. The van der Waals surface area contributed by atoms with Crippen molar-refractivity contribution >= 4 is 35.8 Å². The molecule has 252 valence electrons. The first kappa shape index (κ1) is 39.3. The fourth-order valence-electron chi connectivity index (χ4n) is 3.54. The lowest BCUT2D eigenvalue weighted by atomic mass is 10.1. The van der Waals surface area contributed by atoms with Crippen molar-refractivity contribution in [2.75, 3.05) is 26.4 Å². The van der Waals surface area contributed by atoms with Crippen LogP contribution in [0.3, 0.4) is 0 Å². The number of carboxylic acids is 2. The minimum absolute atomic E-state index is 0.0796. The van der Waals surface area contributed by atoms with Crippen LogP contribution in [0.15, 0.2) is 48.5 Å². The standard InChI is InChI=1S/C20H18O8.C14H26O4/c21-17(22)13-3-7-15(8-4-13)19(25)27-11-1-2-12-28-20(26)16-9-5-14(6-10-16)18(23)24;1-3-5-11-17-13(15)9-7-8-10-14(16)18-12-6-4-2/h3-10H,1-2,11-12H2,(H,21,22)(H,23,24);3-12H2,1-2H3. The van der Waals surface area contributed by atoms with Crippen LogP contribution in [0.1, 0.15) is 119 Å². The lowest BCUT2D eigenvalue weighted by molar-refractivity contribution is -0.146. The van der Waals surface area contributed by atoms with Crippen molar-refractivity contribution in [3.8, 4) is 0 Å². The number of hydrogen-bond acceptors (Lipinski definition) is 10. The van der Waals surface area contributed by atoms with E-state index in [0.29, 0.717) is 51.7 Å². The van der Waals surface area contributed by atoms with E-state index in [1.165, 1.54) is 48.5 Å². The number of rotatable bonds is 20. The van der Waals surface area contributed by atoms with E-state index in [0.717, 1.165) is 25.7 Å². The summed E-state index contributed by atoms with van der Waals surface area (Å²) in [6, 6.07) is 10.8. The highest BCUT2D eigenvalue weighted by Crippen LogP contribution is 2.09. The number of benzene rings is 2. The average Bonchev–Trinajstić information content (AvgIpc) is 3.05. The summed E-state index contributed by atoms with van der Waals surface area (Å²) in [6.45, 7) is 5.38. The number of unbranched alkanes of at least 4 members (excludes halogenated alkanes) is 4. The van der Waals surface area contributed by atoms with Gasteiger partial charge in [-0.2, -0.15) is 0 Å². The summed E-state index contributed by atoms with van der Waals surface area (Å²) in [4.78, 5) is 67.6. The van der Waals surface area contributed by atoms with E-state index in [1.54, 1.807) is 0 Å². The summed E-state index contributed by atoms with van der Waals surface area (Å²) in [6.07, 6.45) is 6.99. The third kappa shape index (κ3) is 17.5. The fourth-order valence-corrected chi connectivity index (χ4v) is 3.54. The zero-order valence-corrected chi connectivity index (χ0v) is 26.5. The Labute approximate surface area is 269 Å². The van der Waals surface area contributed by atoms with Crippen LogP contribution in [0.25, 0.3) is 0 Å². The van der Waals surface area contributed by atoms with E-state index in [4.69, 9.17) is 29.2 Å². The molecule has 0 saturated carbocycles. The molecule has 0 aliphatic rings. The fraction of sp³-hybridized carbons (Fsp3) is 0.471. The van der Waals surface area contributed by atoms with Crippen molar-refractivity contribution in [2.45, 2.75) is 78.1 Å². The molecule has 12 nitrogen and oxygen atoms in total. The minimum Gasteiger partial charge on any atom is -0.478 e. The summed E-state index contributed by atoms with van der Waals surface area (Å²) in [5.74, 6) is -3.61. The largest absolute Gasteiger partial charge is 0.478 e. The zero-order chi connectivity index (χ0) is 34.2. The number of ether oxygens (including phenoxy) is 4. The van der Waals surface area contributed by atoms with E-state index >= 15 is 0 Å². The molecular weight excluding hydrogens is 600 g/mol. The van der Waals surface area contributed by atoms with Gasteiger partial charge in [0.25, 0.3) is 0 Å². The molecule has 0 radical (unpaired) electrons. The molecule has 12 heteroatoms. The number of carbonyl (C=O) groups is 6. The van der Waals surface area contributed by atoms with E-state index in [1.807, 2.05) is 0 Å². The van der Waals surface area contributed by atoms with Crippen LogP contribution in [0.5, 0.6) is 0 Å². The second-order valence-electron chi connectivity index (χ2n) is 10.1. The molecule has 46 heavy (non-hydrogen) atoms. The maximum absolute atomic E-state index is 11.8. The van der Waals surface area contributed by atoms with Crippen LogP contribution < -0.4 is 0 Å². The summed E-state index contributed by atoms with van der Waals surface area (Å²) < 4.78 is 20.2. The first-order valence-corrected chi connectivity index (χ1v) is 15.4. The van der Waals surface area contributed by atoms with Crippen molar-refractivity contribution in [1.29, 1.82) is 0 Å². The van der Waals surface area contributed by atoms with E-state index in [9.17, 15) is 28.8 Å². The summed E-state index contributed by atoms with van der Waals surface area (Å²) in [5.41, 5.74) is 0.661. The lowest BCUT2D eigenvalue weighted by Crippen LogP contribution is -2.10. The van der Waals surface area contributed by atoms with Gasteiger partial charge in [-0.3, -0.25) is 9.59 Å². The summed E-state index contributed by atoms with van der Waals surface area (Å²) in [7, 11) is 0. The highest BCUT2D eigenvalue weighted by Gasteiger charge is 2.11. The molecule has 0 unspecified atom stereocenters. The molecule has 0 aliphatic carbocycles. The molecule has 0 aromatic heterocycles. The molecule has 0 heterocycles. The lowest BCUT2D eigenvalue weighted by Gasteiger charge is -2.07. The Morgan fingerprint density at radius 1 is 0.457 bits per heavy atom. The third-order valence-corrected chi connectivity index (χ3v) is 6.27. The maximum atomic E-state index is 11.8. The van der Waals surface area contributed by atoms with E-state index in [-0.39, 0.29) is 47.4 Å². The number of esters is 4. The van der Waals surface area contributed by atoms with Gasteiger partial charge in [-0.15, -0.1) is 0 Å².